The number of halogens is 1. The summed E-state index contributed by atoms with van der Waals surface area (Å²) in [5.41, 5.74) is -0.859. The highest BCUT2D eigenvalue weighted by Crippen LogP contribution is 2.34. The Balaban J connectivity index is 3.62. The standard InChI is InChI=1S/C11H10ClNO5/c1-6(14)9(11(15)18-2)10-7(12)4-3-5-8(10)13(16)17/h3-5,14H,1-2H3. The van der Waals surface area contributed by atoms with Crippen molar-refractivity contribution in [2.75, 3.05) is 7.11 Å². The highest BCUT2D eigenvalue weighted by Gasteiger charge is 2.27. The average Bonchev–Trinajstić information content (AvgIpc) is 2.30. The Morgan fingerprint density at radius 1 is 1.50 bits per heavy atom. The molecule has 0 atom stereocenters. The number of allylic oxidation sites excluding steroid dienone is 1. The van der Waals surface area contributed by atoms with E-state index in [0.29, 0.717) is 0 Å². The fourth-order valence-electron chi connectivity index (χ4n) is 1.45. The second-order valence-corrected chi connectivity index (χ2v) is 3.75. The lowest BCUT2D eigenvalue weighted by Crippen LogP contribution is -2.09. The molecule has 0 saturated carbocycles. The molecule has 1 aromatic carbocycles. The molecule has 0 bridgehead atoms. The summed E-state index contributed by atoms with van der Waals surface area (Å²) in [7, 11) is 1.11. The zero-order valence-corrected chi connectivity index (χ0v) is 10.4. The molecule has 1 aromatic rings. The molecule has 0 unspecified atom stereocenters. The van der Waals surface area contributed by atoms with Crippen molar-refractivity contribution in [2.45, 2.75) is 6.92 Å². The first-order chi connectivity index (χ1) is 8.40. The first-order valence-corrected chi connectivity index (χ1v) is 5.19. The zero-order chi connectivity index (χ0) is 13.9. The van der Waals surface area contributed by atoms with E-state index in [1.807, 2.05) is 0 Å². The molecule has 0 radical (unpaired) electrons. The maximum atomic E-state index is 11.6. The van der Waals surface area contributed by atoms with E-state index in [4.69, 9.17) is 11.6 Å². The van der Waals surface area contributed by atoms with Crippen LogP contribution in [0.4, 0.5) is 5.69 Å². The predicted molar refractivity (Wildman–Crippen MR) is 65.3 cm³/mol. The molecule has 7 heteroatoms. The fourth-order valence-corrected chi connectivity index (χ4v) is 1.71. The quantitative estimate of drug-likeness (QED) is 0.300. The molecule has 6 nitrogen and oxygen atoms in total. The lowest BCUT2D eigenvalue weighted by Gasteiger charge is -2.09. The van der Waals surface area contributed by atoms with Crippen molar-refractivity contribution in [2.24, 2.45) is 0 Å². The van der Waals surface area contributed by atoms with Crippen LogP contribution < -0.4 is 0 Å². The van der Waals surface area contributed by atoms with Gasteiger partial charge in [0.25, 0.3) is 5.69 Å². The van der Waals surface area contributed by atoms with E-state index in [1.54, 1.807) is 0 Å². The summed E-state index contributed by atoms with van der Waals surface area (Å²) >= 11 is 5.86. The Labute approximate surface area is 108 Å². The Hall–Kier alpha value is -2.08. The minimum Gasteiger partial charge on any atom is -0.512 e. The van der Waals surface area contributed by atoms with Crippen LogP contribution in [0.25, 0.3) is 5.57 Å². The predicted octanol–water partition coefficient (Wildman–Crippen LogP) is 2.71. The third kappa shape index (κ3) is 2.60. The number of rotatable bonds is 3. The van der Waals surface area contributed by atoms with Gasteiger partial charge in [0.15, 0.2) is 0 Å². The lowest BCUT2D eigenvalue weighted by atomic mass is 10.0. The number of hydrogen-bond donors (Lipinski definition) is 1. The molecule has 0 saturated heterocycles. The maximum Gasteiger partial charge on any atom is 0.342 e. The summed E-state index contributed by atoms with van der Waals surface area (Å²) in [4.78, 5) is 21.8. The number of aliphatic hydroxyl groups is 1. The number of ether oxygens (including phenoxy) is 1. The third-order valence-electron chi connectivity index (χ3n) is 2.19. The average molecular weight is 272 g/mol. The van der Waals surface area contributed by atoms with E-state index in [1.165, 1.54) is 25.1 Å². The van der Waals surface area contributed by atoms with E-state index < -0.39 is 16.7 Å². The van der Waals surface area contributed by atoms with Gasteiger partial charge in [-0.1, -0.05) is 17.7 Å². The van der Waals surface area contributed by atoms with Gasteiger partial charge in [0.05, 0.1) is 22.6 Å². The number of methoxy groups -OCH3 is 1. The number of benzene rings is 1. The van der Waals surface area contributed by atoms with Crippen LogP contribution in [0.1, 0.15) is 12.5 Å². The Bertz CT molecular complexity index is 534. The van der Waals surface area contributed by atoms with Gasteiger partial charge in [-0.2, -0.15) is 0 Å². The number of carbonyl (C=O) groups is 1. The summed E-state index contributed by atoms with van der Waals surface area (Å²) < 4.78 is 4.48. The Morgan fingerprint density at radius 2 is 2.11 bits per heavy atom. The third-order valence-corrected chi connectivity index (χ3v) is 2.50. The van der Waals surface area contributed by atoms with Crippen LogP contribution in [-0.2, 0) is 9.53 Å². The van der Waals surface area contributed by atoms with Gasteiger partial charge in [-0.05, 0) is 13.0 Å². The van der Waals surface area contributed by atoms with Gasteiger partial charge in [0.2, 0.25) is 0 Å². The highest BCUT2D eigenvalue weighted by molar-refractivity contribution is 6.35. The summed E-state index contributed by atoms with van der Waals surface area (Å²) in [5, 5.41) is 20.4. The SMILES string of the molecule is COC(=O)C(=C(C)O)c1c(Cl)cccc1[N+](=O)[O-]. The van der Waals surface area contributed by atoms with Crippen molar-refractivity contribution in [3.63, 3.8) is 0 Å². The van der Waals surface area contributed by atoms with E-state index >= 15 is 0 Å². The molecular formula is C11H10ClNO5. The van der Waals surface area contributed by atoms with Crippen molar-refractivity contribution in [3.8, 4) is 0 Å². The van der Waals surface area contributed by atoms with E-state index in [-0.39, 0.29) is 21.8 Å². The van der Waals surface area contributed by atoms with Crippen LogP contribution in [0, 0.1) is 10.1 Å². The normalized spacial score (nSPS) is 11.7. The van der Waals surface area contributed by atoms with E-state index in [2.05, 4.69) is 4.74 Å². The van der Waals surface area contributed by atoms with Crippen molar-refractivity contribution < 1.29 is 19.6 Å². The van der Waals surface area contributed by atoms with Crippen molar-refractivity contribution in [1.82, 2.24) is 0 Å². The number of aliphatic hydroxyl groups excluding tert-OH is 1. The summed E-state index contributed by atoms with van der Waals surface area (Å²) in [6.07, 6.45) is 0. The van der Waals surface area contributed by atoms with Crippen molar-refractivity contribution in [3.05, 3.63) is 44.7 Å². The van der Waals surface area contributed by atoms with Gasteiger partial charge >= 0.3 is 5.97 Å². The van der Waals surface area contributed by atoms with Gasteiger partial charge in [-0.3, -0.25) is 10.1 Å². The number of esters is 1. The van der Waals surface area contributed by atoms with E-state index in [9.17, 15) is 20.0 Å². The second kappa shape index (κ2) is 5.50. The molecule has 18 heavy (non-hydrogen) atoms. The molecule has 0 aliphatic heterocycles. The number of nitrogens with zero attached hydrogens (tertiary/aromatic N) is 1. The smallest absolute Gasteiger partial charge is 0.342 e. The van der Waals surface area contributed by atoms with Gasteiger partial charge in [0.1, 0.15) is 11.3 Å². The van der Waals surface area contributed by atoms with Crippen LogP contribution in [0.2, 0.25) is 5.02 Å². The molecule has 0 aliphatic carbocycles. The zero-order valence-electron chi connectivity index (χ0n) is 9.64. The molecule has 0 spiro atoms. The lowest BCUT2D eigenvalue weighted by molar-refractivity contribution is -0.385. The maximum absolute atomic E-state index is 11.6. The van der Waals surface area contributed by atoms with Crippen LogP contribution in [0.3, 0.4) is 0 Å². The van der Waals surface area contributed by atoms with E-state index in [0.717, 1.165) is 7.11 Å². The first-order valence-electron chi connectivity index (χ1n) is 4.81. The Morgan fingerprint density at radius 3 is 2.56 bits per heavy atom. The largest absolute Gasteiger partial charge is 0.512 e. The minimum absolute atomic E-state index is 0.0157. The minimum atomic E-state index is -0.897. The van der Waals surface area contributed by atoms with Crippen LogP contribution in [-0.4, -0.2) is 23.1 Å². The monoisotopic (exact) mass is 271 g/mol. The van der Waals surface area contributed by atoms with Crippen molar-refractivity contribution in [1.29, 1.82) is 0 Å². The van der Waals surface area contributed by atoms with Gasteiger partial charge < -0.3 is 9.84 Å². The van der Waals surface area contributed by atoms with Crippen molar-refractivity contribution >= 4 is 28.8 Å². The molecule has 1 rings (SSSR count). The number of nitro groups is 1. The summed E-state index contributed by atoms with van der Waals surface area (Å²) in [5.74, 6) is -1.30. The molecule has 1 N–H and O–H groups in total. The van der Waals surface area contributed by atoms with Crippen LogP contribution in [0.15, 0.2) is 24.0 Å². The topological polar surface area (TPSA) is 89.7 Å². The van der Waals surface area contributed by atoms with Gasteiger partial charge in [-0.15, -0.1) is 0 Å². The van der Waals surface area contributed by atoms with Crippen LogP contribution in [0.5, 0.6) is 0 Å². The molecule has 0 amide bonds. The molecule has 96 valence electrons. The van der Waals surface area contributed by atoms with Crippen LogP contribution >= 0.6 is 11.6 Å². The second-order valence-electron chi connectivity index (χ2n) is 3.34. The number of nitro benzene ring substituents is 1. The molecule has 0 aromatic heterocycles. The number of carbonyl (C=O) groups excluding carboxylic acids is 1. The van der Waals surface area contributed by atoms with Gasteiger partial charge in [-0.25, -0.2) is 4.79 Å². The molecule has 0 aliphatic rings. The first kappa shape index (κ1) is 14.0. The molecule has 0 heterocycles. The fraction of sp³-hybridized carbons (Fsp3) is 0.182. The highest BCUT2D eigenvalue weighted by atomic mass is 35.5. The Kier molecular flexibility index (Phi) is 4.28. The number of hydrogen-bond acceptors (Lipinski definition) is 5. The molecule has 0 fully saturated rings. The summed E-state index contributed by atoms with van der Waals surface area (Å²) in [6, 6.07) is 3.95. The molecular weight excluding hydrogens is 262 g/mol. The van der Waals surface area contributed by atoms with Gasteiger partial charge in [0, 0.05) is 6.07 Å². The summed E-state index contributed by atoms with van der Waals surface area (Å²) in [6.45, 7) is 1.22.